The quantitative estimate of drug-likeness (QED) is 0.893. The molecule has 18 heavy (non-hydrogen) atoms. The first-order valence-electron chi connectivity index (χ1n) is 4.99. The molecule has 3 N–H and O–H groups in total. The minimum atomic E-state index is -0.364. The molecule has 0 atom stereocenters. The number of halogens is 2. The fourth-order valence-corrected chi connectivity index (χ4v) is 1.71. The van der Waals surface area contributed by atoms with Gasteiger partial charge in [-0.05, 0) is 46.3 Å². The van der Waals surface area contributed by atoms with E-state index in [4.69, 9.17) is 11.0 Å². The van der Waals surface area contributed by atoms with Gasteiger partial charge in [0.2, 0.25) is 0 Å². The van der Waals surface area contributed by atoms with Crippen molar-refractivity contribution in [3.63, 3.8) is 0 Å². The molecule has 2 rings (SSSR count). The smallest absolute Gasteiger partial charge is 0.165 e. The molecule has 0 fully saturated rings. The molecular weight excluding hydrogens is 299 g/mol. The summed E-state index contributed by atoms with van der Waals surface area (Å²) in [5.74, 6) is 0.0590. The summed E-state index contributed by atoms with van der Waals surface area (Å²) in [6.07, 6.45) is 0. The van der Waals surface area contributed by atoms with Crippen molar-refractivity contribution in [2.45, 2.75) is 0 Å². The Hall–Kier alpha value is -2.13. The number of nitrogens with one attached hydrogen (secondary N) is 1. The Labute approximate surface area is 111 Å². The third kappa shape index (κ3) is 2.57. The van der Waals surface area contributed by atoms with Gasteiger partial charge in [-0.3, -0.25) is 0 Å². The lowest BCUT2D eigenvalue weighted by Crippen LogP contribution is -1.99. The van der Waals surface area contributed by atoms with Gasteiger partial charge in [0.05, 0.1) is 11.4 Å². The Balaban J connectivity index is 2.34. The second-order valence-corrected chi connectivity index (χ2v) is 4.35. The highest BCUT2D eigenvalue weighted by Crippen LogP contribution is 2.26. The van der Waals surface area contributed by atoms with Gasteiger partial charge in [0.25, 0.3) is 0 Å². The second-order valence-electron chi connectivity index (χ2n) is 3.50. The van der Waals surface area contributed by atoms with Crippen molar-refractivity contribution >= 4 is 33.1 Å². The molecule has 0 bridgehead atoms. The average Bonchev–Trinajstić information content (AvgIpc) is 2.36. The summed E-state index contributed by atoms with van der Waals surface area (Å²) in [4.78, 5) is 4.02. The maximum Gasteiger partial charge on any atom is 0.165 e. The van der Waals surface area contributed by atoms with E-state index >= 15 is 0 Å². The number of aromatic nitrogens is 1. The Bertz CT molecular complexity index is 636. The molecule has 0 aliphatic rings. The standard InChI is InChI=1S/C12H8BrFN4/c13-8-2-1-7(14)5-10(8)17-12-4-3-9(16)11(6-15)18-12/h1-5H,16H2,(H,17,18). The molecule has 0 radical (unpaired) electrons. The van der Waals surface area contributed by atoms with Crippen LogP contribution in [-0.2, 0) is 0 Å². The molecule has 6 heteroatoms. The molecule has 90 valence electrons. The Morgan fingerprint density at radius 3 is 2.83 bits per heavy atom. The molecule has 0 aliphatic heterocycles. The van der Waals surface area contributed by atoms with E-state index in [0.717, 1.165) is 0 Å². The van der Waals surface area contributed by atoms with Crippen LogP contribution in [0.3, 0.4) is 0 Å². The normalized spacial score (nSPS) is 9.83. The lowest BCUT2D eigenvalue weighted by molar-refractivity contribution is 0.628. The van der Waals surface area contributed by atoms with Crippen LogP contribution in [0.1, 0.15) is 5.69 Å². The summed E-state index contributed by atoms with van der Waals surface area (Å²) in [7, 11) is 0. The van der Waals surface area contributed by atoms with Crippen LogP contribution in [0, 0.1) is 17.1 Å². The highest BCUT2D eigenvalue weighted by Gasteiger charge is 2.05. The number of nitrogens with two attached hydrogens (primary N) is 1. The third-order valence-corrected chi connectivity index (χ3v) is 2.92. The largest absolute Gasteiger partial charge is 0.396 e. The van der Waals surface area contributed by atoms with Gasteiger partial charge in [-0.15, -0.1) is 0 Å². The van der Waals surface area contributed by atoms with Crippen LogP contribution in [-0.4, -0.2) is 4.98 Å². The maximum atomic E-state index is 13.1. The minimum Gasteiger partial charge on any atom is -0.396 e. The SMILES string of the molecule is N#Cc1nc(Nc2cc(F)ccc2Br)ccc1N. The molecule has 0 saturated carbocycles. The topological polar surface area (TPSA) is 74.7 Å². The van der Waals surface area contributed by atoms with Crippen molar-refractivity contribution < 1.29 is 4.39 Å². The van der Waals surface area contributed by atoms with Gasteiger partial charge in [0.15, 0.2) is 5.69 Å². The van der Waals surface area contributed by atoms with Crippen molar-refractivity contribution in [3.8, 4) is 6.07 Å². The summed E-state index contributed by atoms with van der Waals surface area (Å²) in [5, 5.41) is 11.7. The molecule has 0 unspecified atom stereocenters. The van der Waals surface area contributed by atoms with Crippen molar-refractivity contribution in [1.82, 2.24) is 4.98 Å². The summed E-state index contributed by atoms with van der Waals surface area (Å²) >= 11 is 3.29. The summed E-state index contributed by atoms with van der Waals surface area (Å²) in [6, 6.07) is 9.33. The van der Waals surface area contributed by atoms with Crippen LogP contribution in [0.2, 0.25) is 0 Å². The van der Waals surface area contributed by atoms with Crippen molar-refractivity contribution in [1.29, 1.82) is 5.26 Å². The van der Waals surface area contributed by atoms with E-state index in [1.54, 1.807) is 18.2 Å². The van der Waals surface area contributed by atoms with Crippen LogP contribution < -0.4 is 11.1 Å². The number of hydrogen-bond donors (Lipinski definition) is 2. The zero-order valence-corrected chi connectivity index (χ0v) is 10.7. The lowest BCUT2D eigenvalue weighted by Gasteiger charge is -2.08. The Morgan fingerprint density at radius 1 is 1.33 bits per heavy atom. The number of benzene rings is 1. The first-order valence-corrected chi connectivity index (χ1v) is 5.78. The summed E-state index contributed by atoms with van der Waals surface area (Å²) < 4.78 is 13.8. The average molecular weight is 307 g/mol. The zero-order chi connectivity index (χ0) is 13.1. The van der Waals surface area contributed by atoms with E-state index in [-0.39, 0.29) is 11.5 Å². The van der Waals surface area contributed by atoms with E-state index < -0.39 is 0 Å². The number of hydrogen-bond acceptors (Lipinski definition) is 4. The fraction of sp³-hybridized carbons (Fsp3) is 0. The zero-order valence-electron chi connectivity index (χ0n) is 9.11. The summed E-state index contributed by atoms with van der Waals surface area (Å²) in [5.41, 5.74) is 6.53. The van der Waals surface area contributed by atoms with Crippen LogP contribution in [0.15, 0.2) is 34.8 Å². The van der Waals surface area contributed by atoms with Crippen LogP contribution in [0.25, 0.3) is 0 Å². The second kappa shape index (κ2) is 5.02. The Kier molecular flexibility index (Phi) is 3.44. The number of nitrogens with zero attached hydrogens (tertiary/aromatic N) is 2. The predicted octanol–water partition coefficient (Wildman–Crippen LogP) is 3.18. The monoisotopic (exact) mass is 306 g/mol. The predicted molar refractivity (Wildman–Crippen MR) is 70.7 cm³/mol. The van der Waals surface area contributed by atoms with Crippen LogP contribution in [0.4, 0.5) is 21.6 Å². The maximum absolute atomic E-state index is 13.1. The molecule has 1 aromatic carbocycles. The van der Waals surface area contributed by atoms with Crippen LogP contribution in [0.5, 0.6) is 0 Å². The van der Waals surface area contributed by atoms with Crippen molar-refractivity contribution in [2.24, 2.45) is 0 Å². The van der Waals surface area contributed by atoms with E-state index in [1.165, 1.54) is 12.1 Å². The van der Waals surface area contributed by atoms with Gasteiger partial charge in [-0.2, -0.15) is 5.26 Å². The van der Waals surface area contributed by atoms with Gasteiger partial charge in [-0.1, -0.05) is 0 Å². The molecule has 4 nitrogen and oxygen atoms in total. The van der Waals surface area contributed by atoms with Crippen molar-refractivity contribution in [3.05, 3.63) is 46.3 Å². The summed E-state index contributed by atoms with van der Waals surface area (Å²) in [6.45, 7) is 0. The van der Waals surface area contributed by atoms with Crippen LogP contribution >= 0.6 is 15.9 Å². The van der Waals surface area contributed by atoms with E-state index in [0.29, 0.717) is 21.7 Å². The van der Waals surface area contributed by atoms with Gasteiger partial charge < -0.3 is 11.1 Å². The Morgan fingerprint density at radius 2 is 2.11 bits per heavy atom. The highest BCUT2D eigenvalue weighted by molar-refractivity contribution is 9.10. The molecule has 0 aliphatic carbocycles. The van der Waals surface area contributed by atoms with E-state index in [2.05, 4.69) is 26.2 Å². The number of anilines is 3. The first-order chi connectivity index (χ1) is 8.60. The lowest BCUT2D eigenvalue weighted by atomic mass is 10.3. The van der Waals surface area contributed by atoms with Gasteiger partial charge >= 0.3 is 0 Å². The molecule has 1 heterocycles. The number of nitriles is 1. The highest BCUT2D eigenvalue weighted by atomic mass is 79.9. The number of rotatable bonds is 2. The molecule has 2 aromatic rings. The molecule has 0 saturated heterocycles. The molecule has 0 amide bonds. The third-order valence-electron chi connectivity index (χ3n) is 2.22. The van der Waals surface area contributed by atoms with E-state index in [1.807, 2.05) is 6.07 Å². The van der Waals surface area contributed by atoms with E-state index in [9.17, 15) is 4.39 Å². The van der Waals surface area contributed by atoms with Crippen molar-refractivity contribution in [2.75, 3.05) is 11.1 Å². The van der Waals surface area contributed by atoms with Gasteiger partial charge in [-0.25, -0.2) is 9.37 Å². The minimum absolute atomic E-state index is 0.132. The molecular formula is C12H8BrFN4. The van der Waals surface area contributed by atoms with Gasteiger partial charge in [0, 0.05) is 4.47 Å². The first kappa shape index (κ1) is 12.3. The molecule has 0 spiro atoms. The fourth-order valence-electron chi connectivity index (χ4n) is 1.36. The van der Waals surface area contributed by atoms with Gasteiger partial charge in [0.1, 0.15) is 17.7 Å². The number of nitrogen functional groups attached to an aromatic ring is 1. The molecule has 1 aromatic heterocycles. The number of pyridine rings is 1.